The maximum absolute atomic E-state index is 14.8. The molecule has 0 saturated heterocycles. The molecule has 30 nitrogen and oxygen atoms in total. The van der Waals surface area contributed by atoms with E-state index in [0.717, 1.165) is 40.0 Å². The molecule has 2 aliphatic heterocycles. The van der Waals surface area contributed by atoms with Gasteiger partial charge in [-0.2, -0.15) is 0 Å². The summed E-state index contributed by atoms with van der Waals surface area (Å²) in [7, 11) is 1.49. The Bertz CT molecular complexity index is 3970. The van der Waals surface area contributed by atoms with Crippen molar-refractivity contribution in [2.24, 2.45) is 11.7 Å². The van der Waals surface area contributed by atoms with E-state index in [1.165, 1.54) is 23.0 Å². The molecule has 31 heteroatoms. The van der Waals surface area contributed by atoms with Gasteiger partial charge in [0.1, 0.15) is 48.1 Å². The number of hydrogen-bond donors (Lipinski definition) is 8. The van der Waals surface area contributed by atoms with E-state index in [0.29, 0.717) is 63.6 Å². The number of pyridine rings is 1. The topological polar surface area (TPSA) is 383 Å². The third-order valence-electron chi connectivity index (χ3n) is 16.6. The highest BCUT2D eigenvalue weighted by Gasteiger charge is 2.37. The summed E-state index contributed by atoms with van der Waals surface area (Å²) < 4.78 is 39.4. The minimum absolute atomic E-state index is 0.000888. The number of H-pyrrole nitrogens is 1. The van der Waals surface area contributed by atoms with Gasteiger partial charge in [-0.15, -0.1) is 11.6 Å². The van der Waals surface area contributed by atoms with Crippen molar-refractivity contribution in [3.8, 4) is 11.5 Å². The van der Waals surface area contributed by atoms with Crippen molar-refractivity contribution in [2.75, 3.05) is 121 Å². The number of hydrogen-bond acceptors (Lipinski definition) is 19. The van der Waals surface area contributed by atoms with Crippen molar-refractivity contribution >= 4 is 110 Å². The summed E-state index contributed by atoms with van der Waals surface area (Å²) in [6, 6.07) is 20.6. The van der Waals surface area contributed by atoms with E-state index < -0.39 is 71.8 Å². The Morgan fingerprint density at radius 2 is 1.54 bits per heavy atom. The van der Waals surface area contributed by atoms with Crippen molar-refractivity contribution in [3.63, 3.8) is 0 Å². The second-order valence-corrected chi connectivity index (χ2v) is 24.7. The fourth-order valence-electron chi connectivity index (χ4n) is 11.2. The summed E-state index contributed by atoms with van der Waals surface area (Å²) in [5.41, 5.74) is 9.61. The lowest BCUT2D eigenvalue weighted by atomic mass is 9.92. The lowest BCUT2D eigenvalue weighted by molar-refractivity contribution is -0.137. The van der Waals surface area contributed by atoms with Gasteiger partial charge in [-0.1, -0.05) is 44.2 Å². The highest BCUT2D eigenvalue weighted by atomic mass is 35.5. The molecule has 1 unspecified atom stereocenters. The predicted octanol–water partition coefficient (Wildman–Crippen LogP) is 7.10. The van der Waals surface area contributed by atoms with Gasteiger partial charge >= 0.3 is 24.3 Å². The summed E-state index contributed by atoms with van der Waals surface area (Å²) in [6.45, 7) is 9.85. The molecule has 0 spiro atoms. The van der Waals surface area contributed by atoms with Gasteiger partial charge < -0.3 is 90.3 Å². The van der Waals surface area contributed by atoms with Gasteiger partial charge in [-0.3, -0.25) is 33.7 Å². The monoisotopic (exact) mass is 1430 g/mol. The van der Waals surface area contributed by atoms with Crippen LogP contribution in [0.5, 0.6) is 11.5 Å². The lowest BCUT2D eigenvalue weighted by Gasteiger charge is -2.26. The van der Waals surface area contributed by atoms with Gasteiger partial charge in [-0.05, 0) is 110 Å². The molecule has 4 heterocycles. The Kier molecular flexibility index (Phi) is 28.7. The van der Waals surface area contributed by atoms with Crippen molar-refractivity contribution in [1.29, 1.82) is 0 Å². The number of alkyl halides is 1. The molecule has 6 aromatic rings. The fraction of sp³-hybridized carbons (Fsp3) is 0.423. The molecular formula is C71H87ClN12O18. The number of carbonyl (C=O) groups excluding carboxylic acids is 10. The molecule has 9 N–H and O–H groups in total. The van der Waals surface area contributed by atoms with Crippen LogP contribution < -0.4 is 46.7 Å². The molecule has 0 bridgehead atoms. The number of nitrogens with zero attached hydrogens (tertiary/aromatic N) is 5. The van der Waals surface area contributed by atoms with Crippen LogP contribution >= 0.6 is 11.6 Å². The average molecular weight is 1430 g/mol. The largest absolute Gasteiger partial charge is 0.491 e. The zero-order chi connectivity index (χ0) is 73.4. The molecule has 4 atom stereocenters. The number of amides is 11. The van der Waals surface area contributed by atoms with E-state index in [1.54, 1.807) is 85.5 Å². The van der Waals surface area contributed by atoms with Crippen LogP contribution in [-0.4, -0.2) is 213 Å². The van der Waals surface area contributed by atoms with Crippen LogP contribution in [0.3, 0.4) is 0 Å². The summed E-state index contributed by atoms with van der Waals surface area (Å²) in [5.74, 6) is -2.87. The van der Waals surface area contributed by atoms with Gasteiger partial charge in [-0.25, -0.2) is 24.2 Å². The maximum atomic E-state index is 14.8. The first-order valence-corrected chi connectivity index (χ1v) is 34.0. The standard InChI is InChI=1S/C71H87ClN12O18/c1-7-96-30-23-45(5)101-52-19-15-47(16-20-52)64(88)77-51-36-48-37-55(78-63(48)75-40-51)67(91)84-41-49(39-72)61-56(84)38-57(53-11-8-10-44(4)60(53)61)102-71(95)82(27-31-97-33-29-85)26-25-81(6)70(94)100-42-46-13-17-50(18-14-46)76-65(89)54(12-9-24-74-68(73)92)79-66(90)62(43(2)3)80-69(93)99-35-34-98-32-28-83-58(86)21-22-59(83)87/h8,10-11,13-22,36-38,40,43,45,49,54,62,85H,7,9,12,23-35,39,41-42H2,1-6H3,(H,75,78)(H,76,89)(H,77,88)(H,79,90)(H,80,93)(H3,73,74,92)/t45?,49-,54+,62+/m1/s1. The lowest BCUT2D eigenvalue weighted by Crippen LogP contribution is -2.54. The molecule has 546 valence electrons. The highest BCUT2D eigenvalue weighted by molar-refractivity contribution is 6.20. The number of rotatable bonds is 37. The first-order valence-electron chi connectivity index (χ1n) is 33.5. The van der Waals surface area contributed by atoms with E-state index in [2.05, 4.69) is 36.6 Å². The van der Waals surface area contributed by atoms with Gasteiger partial charge in [0.15, 0.2) is 0 Å². The Morgan fingerprint density at radius 3 is 2.25 bits per heavy atom. The normalized spacial score (nSPS) is 14.1. The Balaban J connectivity index is 0.867. The second-order valence-electron chi connectivity index (χ2n) is 24.4. The molecule has 4 aromatic carbocycles. The number of halogens is 1. The quantitative estimate of drug-likeness (QED) is 0.0109. The number of aliphatic hydroxyl groups excluding tert-OH is 1. The minimum Gasteiger partial charge on any atom is -0.491 e. The number of fused-ring (bicyclic) bond motifs is 4. The number of nitrogens with two attached hydrogens (primary N) is 1. The van der Waals surface area contributed by atoms with Crippen molar-refractivity contribution in [3.05, 3.63) is 131 Å². The number of alkyl carbamates (subject to hydrolysis) is 1. The average Bonchev–Trinajstić information content (AvgIpc) is 1.54. The summed E-state index contributed by atoms with van der Waals surface area (Å²) >= 11 is 6.69. The number of anilines is 3. The number of nitrogens with one attached hydrogen (secondary N) is 6. The molecular weight excluding hydrogens is 1340 g/mol. The van der Waals surface area contributed by atoms with Crippen LogP contribution in [0.25, 0.3) is 21.8 Å². The number of primary amides is 1. The molecule has 8 rings (SSSR count). The molecule has 2 aromatic heterocycles. The van der Waals surface area contributed by atoms with Crippen molar-refractivity contribution in [2.45, 2.75) is 84.6 Å². The third kappa shape index (κ3) is 21.6. The number of urea groups is 1. The number of aromatic nitrogens is 2. The minimum atomic E-state index is -1.16. The van der Waals surface area contributed by atoms with Crippen LogP contribution in [0, 0.1) is 12.8 Å². The number of likely N-dealkylation sites (N-methyl/N-ethyl adjacent to an activating group) is 1. The molecule has 0 fully saturated rings. The maximum Gasteiger partial charge on any atom is 0.415 e. The summed E-state index contributed by atoms with van der Waals surface area (Å²) in [5, 5.41) is 24.7. The molecule has 0 saturated carbocycles. The zero-order valence-corrected chi connectivity index (χ0v) is 58.5. The molecule has 0 radical (unpaired) electrons. The van der Waals surface area contributed by atoms with Gasteiger partial charge in [0, 0.05) is 105 Å². The second kappa shape index (κ2) is 37.9. The summed E-state index contributed by atoms with van der Waals surface area (Å²) in [4.78, 5) is 144. The van der Waals surface area contributed by atoms with Gasteiger partial charge in [0.05, 0.1) is 69.9 Å². The SMILES string of the molecule is CCOCCC(C)Oc1ccc(C(=O)Nc2cnc3[nH]c(C(=O)N4C[C@@H](CCl)c5c4cc(OC(=O)N(CCOCCO)CCN(C)C(=O)OCc4ccc(NC(=O)[C@H](CCCNC(N)=O)NC(=O)[C@@H](NC(=O)OCCOCCN6C(=O)C=CC6=O)C(C)C)cc4)c4cccc(C)c54)cc3c2)cc1. The Labute approximate surface area is 594 Å². The third-order valence-corrected chi connectivity index (χ3v) is 17.0. The number of benzene rings is 4. The fourth-order valence-corrected chi connectivity index (χ4v) is 11.4. The van der Waals surface area contributed by atoms with E-state index in [9.17, 15) is 53.1 Å². The van der Waals surface area contributed by atoms with E-state index in [-0.39, 0.29) is 134 Å². The Hall–Kier alpha value is -10.4. The molecule has 102 heavy (non-hydrogen) atoms. The number of imide groups is 1. The van der Waals surface area contributed by atoms with Crippen LogP contribution in [0.15, 0.2) is 103 Å². The smallest absolute Gasteiger partial charge is 0.415 e. The van der Waals surface area contributed by atoms with Crippen LogP contribution in [0.1, 0.15) is 90.4 Å². The van der Waals surface area contributed by atoms with Gasteiger partial charge in [0.25, 0.3) is 23.6 Å². The number of aromatic amines is 1. The number of aryl methyl sites for hydroxylation is 1. The first-order chi connectivity index (χ1) is 49.0. The van der Waals surface area contributed by atoms with E-state index in [4.69, 9.17) is 50.5 Å². The van der Waals surface area contributed by atoms with Crippen LogP contribution in [0.4, 0.5) is 36.2 Å². The number of ether oxygens (including phenoxy) is 7. The van der Waals surface area contributed by atoms with Crippen molar-refractivity contribution < 1.29 is 86.2 Å². The number of aliphatic hydroxyl groups is 1. The summed E-state index contributed by atoms with van der Waals surface area (Å²) in [6.07, 6.45) is 2.23. The predicted molar refractivity (Wildman–Crippen MR) is 377 cm³/mol. The van der Waals surface area contributed by atoms with E-state index in [1.807, 2.05) is 39.0 Å². The number of carbonyl (C=O) groups is 10. The van der Waals surface area contributed by atoms with Crippen LogP contribution in [-0.2, 0) is 49.5 Å². The molecule has 11 amide bonds. The zero-order valence-electron chi connectivity index (χ0n) is 57.7. The highest BCUT2D eigenvalue weighted by Crippen LogP contribution is 2.47. The first kappa shape index (κ1) is 77.3. The van der Waals surface area contributed by atoms with Crippen molar-refractivity contribution in [1.82, 2.24) is 40.6 Å². The Morgan fingerprint density at radius 1 is 0.794 bits per heavy atom. The van der Waals surface area contributed by atoms with E-state index >= 15 is 0 Å². The molecule has 0 aliphatic carbocycles. The van der Waals surface area contributed by atoms with Gasteiger partial charge in [0.2, 0.25) is 11.8 Å². The van der Waals surface area contributed by atoms with Crippen LogP contribution in [0.2, 0.25) is 0 Å². The molecule has 2 aliphatic rings.